The van der Waals surface area contributed by atoms with Gasteiger partial charge in [-0.25, -0.2) is 22.2 Å². The van der Waals surface area contributed by atoms with E-state index in [1.807, 2.05) is 18.2 Å². The van der Waals surface area contributed by atoms with Crippen LogP contribution in [0.25, 0.3) is 5.69 Å². The largest absolute Gasteiger partial charge is 0.350 e. The van der Waals surface area contributed by atoms with E-state index < -0.39 is 21.8 Å². The summed E-state index contributed by atoms with van der Waals surface area (Å²) in [5, 5.41) is 8.25. The molecule has 2 aromatic carbocycles. The van der Waals surface area contributed by atoms with Gasteiger partial charge in [0.25, 0.3) is 0 Å². The molecule has 3 rings (SSSR count). The van der Waals surface area contributed by atoms with Gasteiger partial charge in [-0.15, -0.1) is 0 Å². The predicted molar refractivity (Wildman–Crippen MR) is 140 cm³/mol. The number of rotatable bonds is 9. The maximum absolute atomic E-state index is 14.6. The highest BCUT2D eigenvalue weighted by atomic mass is 35.5. The Bertz CT molecular complexity index is 1350. The average molecular weight is 535 g/mol. The summed E-state index contributed by atoms with van der Waals surface area (Å²) in [6.07, 6.45) is 0. The van der Waals surface area contributed by atoms with Crippen molar-refractivity contribution in [2.45, 2.75) is 59.0 Å². The zero-order valence-corrected chi connectivity index (χ0v) is 22.7. The maximum atomic E-state index is 14.6. The van der Waals surface area contributed by atoms with Crippen LogP contribution < -0.4 is 10.0 Å². The lowest BCUT2D eigenvalue weighted by atomic mass is 9.92. The molecule has 1 amide bonds. The van der Waals surface area contributed by atoms with Crippen LogP contribution in [0, 0.1) is 5.82 Å². The van der Waals surface area contributed by atoms with E-state index in [4.69, 9.17) is 16.7 Å². The van der Waals surface area contributed by atoms with E-state index in [0.717, 1.165) is 17.1 Å². The Morgan fingerprint density at radius 3 is 2.47 bits per heavy atom. The number of aromatic nitrogens is 2. The van der Waals surface area contributed by atoms with Crippen LogP contribution in [0.4, 0.5) is 4.39 Å². The first kappa shape index (κ1) is 27.8. The van der Waals surface area contributed by atoms with E-state index in [9.17, 15) is 17.6 Å². The van der Waals surface area contributed by atoms with Gasteiger partial charge in [-0.3, -0.25) is 4.79 Å². The smallest absolute Gasteiger partial charge is 0.227 e. The van der Waals surface area contributed by atoms with Crippen LogP contribution in [0.2, 0.25) is 5.02 Å². The number of carbonyl (C=O) groups is 1. The summed E-state index contributed by atoms with van der Waals surface area (Å²) in [7, 11) is -3.44. The number of hydrogen-bond acceptors (Lipinski definition) is 4. The van der Waals surface area contributed by atoms with Crippen LogP contribution in [-0.4, -0.2) is 29.9 Å². The summed E-state index contributed by atoms with van der Waals surface area (Å²) in [5.41, 5.74) is 2.95. The third kappa shape index (κ3) is 6.93. The fourth-order valence-corrected chi connectivity index (χ4v) is 4.26. The monoisotopic (exact) mass is 534 g/mol. The zero-order chi connectivity index (χ0) is 26.7. The zero-order valence-electron chi connectivity index (χ0n) is 21.1. The normalized spacial score (nSPS) is 13.0. The molecule has 0 saturated carbocycles. The van der Waals surface area contributed by atoms with Crippen LogP contribution in [0.5, 0.6) is 0 Å². The van der Waals surface area contributed by atoms with Gasteiger partial charge in [0.2, 0.25) is 15.9 Å². The fraction of sp³-hybridized carbons (Fsp3) is 0.385. The van der Waals surface area contributed by atoms with Gasteiger partial charge in [0, 0.05) is 22.5 Å². The topological polar surface area (TPSA) is 93.1 Å². The highest BCUT2D eigenvalue weighted by molar-refractivity contribution is 7.89. The number of sulfonamides is 1. The lowest BCUT2D eigenvalue weighted by molar-refractivity contribution is -0.122. The van der Waals surface area contributed by atoms with Crippen molar-refractivity contribution in [3.8, 4) is 5.69 Å². The van der Waals surface area contributed by atoms with Gasteiger partial charge < -0.3 is 5.32 Å². The maximum Gasteiger partial charge on any atom is 0.227 e. The predicted octanol–water partition coefficient (Wildman–Crippen LogP) is 4.82. The summed E-state index contributed by atoms with van der Waals surface area (Å²) in [4.78, 5) is 12.9. The number of halogens is 2. The Hall–Kier alpha value is -2.75. The first-order valence-electron chi connectivity index (χ1n) is 11.7. The van der Waals surface area contributed by atoms with Crippen LogP contribution in [0.3, 0.4) is 0 Å². The van der Waals surface area contributed by atoms with Crippen LogP contribution in [0.1, 0.15) is 63.1 Å². The second-order valence-corrected chi connectivity index (χ2v) is 12.2. The molecule has 1 unspecified atom stereocenters. The molecule has 7 nitrogen and oxygen atoms in total. The highest BCUT2D eigenvalue weighted by Gasteiger charge is 2.22. The van der Waals surface area contributed by atoms with E-state index in [-0.39, 0.29) is 35.7 Å². The van der Waals surface area contributed by atoms with Gasteiger partial charge in [0.15, 0.2) is 0 Å². The second-order valence-electron chi connectivity index (χ2n) is 9.68. The lowest BCUT2D eigenvalue weighted by Gasteiger charge is -2.15. The third-order valence-electron chi connectivity index (χ3n) is 5.88. The molecule has 0 fully saturated rings. The van der Waals surface area contributed by atoms with Gasteiger partial charge in [0.05, 0.1) is 35.3 Å². The van der Waals surface area contributed by atoms with Crippen molar-refractivity contribution in [2.75, 3.05) is 5.75 Å². The summed E-state index contributed by atoms with van der Waals surface area (Å²) >= 11 is 6.18. The van der Waals surface area contributed by atoms with E-state index in [2.05, 4.69) is 30.8 Å². The molecule has 36 heavy (non-hydrogen) atoms. The van der Waals surface area contributed by atoms with Crippen LogP contribution >= 0.6 is 11.6 Å². The van der Waals surface area contributed by atoms with Crippen LogP contribution in [-0.2, 0) is 33.3 Å². The molecule has 0 aliphatic carbocycles. The summed E-state index contributed by atoms with van der Waals surface area (Å²) in [5.74, 6) is -1.55. The minimum absolute atomic E-state index is 0.0859. The number of hydrogen-bond donors (Lipinski definition) is 2. The van der Waals surface area contributed by atoms with Crippen molar-refractivity contribution >= 4 is 27.5 Å². The molecule has 1 heterocycles. The number of carbonyl (C=O) groups excluding carboxylic acids is 1. The van der Waals surface area contributed by atoms with Crippen molar-refractivity contribution < 1.29 is 17.6 Å². The van der Waals surface area contributed by atoms with E-state index in [1.165, 1.54) is 19.1 Å². The molecule has 1 atom stereocenters. The van der Waals surface area contributed by atoms with E-state index >= 15 is 0 Å². The fourth-order valence-electron chi connectivity index (χ4n) is 3.49. The standard InChI is InChI=1S/C26H32ClFN4O3S/c1-6-36(34,35)30-15-19-11-10-18(12-23(19)28)17(2)25(33)29-16-22-14-24(26(3,4)5)31-32(22)21-9-7-8-20(27)13-21/h7-14,17,30H,6,15-16H2,1-5H3,(H,29,33). The highest BCUT2D eigenvalue weighted by Crippen LogP contribution is 2.25. The van der Waals surface area contributed by atoms with Gasteiger partial charge in [-0.2, -0.15) is 5.10 Å². The Morgan fingerprint density at radius 2 is 1.86 bits per heavy atom. The molecule has 2 N–H and O–H groups in total. The summed E-state index contributed by atoms with van der Waals surface area (Å²) in [6, 6.07) is 13.7. The molecule has 10 heteroatoms. The SMILES string of the molecule is CCS(=O)(=O)NCc1ccc(C(C)C(=O)NCc2cc(C(C)(C)C)nn2-c2cccc(Cl)c2)cc1F. The molecule has 3 aromatic rings. The van der Waals surface area contributed by atoms with Crippen molar-refractivity contribution in [1.29, 1.82) is 0 Å². The van der Waals surface area contributed by atoms with Crippen molar-refractivity contribution in [3.05, 3.63) is 81.9 Å². The number of amides is 1. The van der Waals surface area contributed by atoms with Crippen LogP contribution in [0.15, 0.2) is 48.5 Å². The van der Waals surface area contributed by atoms with Gasteiger partial charge >= 0.3 is 0 Å². The average Bonchev–Trinajstić information content (AvgIpc) is 3.26. The van der Waals surface area contributed by atoms with Crippen molar-refractivity contribution in [3.63, 3.8) is 0 Å². The van der Waals surface area contributed by atoms with Gasteiger partial charge in [0.1, 0.15) is 5.82 Å². The van der Waals surface area contributed by atoms with Crippen molar-refractivity contribution in [1.82, 2.24) is 19.8 Å². The Labute approximate surface area is 217 Å². The molecule has 1 aromatic heterocycles. The van der Waals surface area contributed by atoms with Gasteiger partial charge in [-0.05, 0) is 49.7 Å². The molecule has 194 valence electrons. The summed E-state index contributed by atoms with van der Waals surface area (Å²) < 4.78 is 42.0. The quantitative estimate of drug-likeness (QED) is 0.411. The molecule has 0 aliphatic heterocycles. The van der Waals surface area contributed by atoms with Crippen molar-refractivity contribution in [2.24, 2.45) is 0 Å². The second kappa shape index (κ2) is 11.1. The van der Waals surface area contributed by atoms with E-state index in [0.29, 0.717) is 10.6 Å². The molecule has 0 spiro atoms. The van der Waals surface area contributed by atoms with E-state index in [1.54, 1.807) is 29.8 Å². The Balaban J connectivity index is 1.75. The lowest BCUT2D eigenvalue weighted by Crippen LogP contribution is -2.28. The minimum Gasteiger partial charge on any atom is -0.350 e. The molecular weight excluding hydrogens is 503 g/mol. The minimum atomic E-state index is -3.44. The molecular formula is C26H32ClFN4O3S. The molecule has 0 bridgehead atoms. The number of benzene rings is 2. The summed E-state index contributed by atoms with van der Waals surface area (Å²) in [6.45, 7) is 9.46. The number of nitrogens with one attached hydrogen (secondary N) is 2. The Morgan fingerprint density at radius 1 is 1.14 bits per heavy atom. The third-order valence-corrected chi connectivity index (χ3v) is 7.46. The molecule has 0 aliphatic rings. The number of nitrogens with zero attached hydrogens (tertiary/aromatic N) is 2. The Kier molecular flexibility index (Phi) is 8.59. The molecule has 0 saturated heterocycles. The first-order valence-corrected chi connectivity index (χ1v) is 13.7. The van der Waals surface area contributed by atoms with Gasteiger partial charge in [-0.1, -0.05) is 50.6 Å². The first-order chi connectivity index (χ1) is 16.8. The molecule has 0 radical (unpaired) electrons.